The van der Waals surface area contributed by atoms with Gasteiger partial charge in [-0.05, 0) is 12.1 Å². The van der Waals surface area contributed by atoms with Crippen LogP contribution in [-0.4, -0.2) is 9.97 Å². The smallest absolute Gasteiger partial charge is 0.116 e. The molecule has 0 radical (unpaired) electrons. The molecule has 1 heterocycles. The molecule has 0 fully saturated rings. The summed E-state index contributed by atoms with van der Waals surface area (Å²) in [4.78, 5) is 8.95. The summed E-state index contributed by atoms with van der Waals surface area (Å²) in [6, 6.07) is 9.73. The van der Waals surface area contributed by atoms with Crippen LogP contribution < -0.4 is 0 Å². The van der Waals surface area contributed by atoms with Gasteiger partial charge in [0.15, 0.2) is 0 Å². The Hall–Kier alpha value is -1.35. The van der Waals surface area contributed by atoms with Gasteiger partial charge in [-0.25, -0.2) is 9.97 Å². The van der Waals surface area contributed by atoms with Crippen LogP contribution in [0.1, 0.15) is 0 Å². The van der Waals surface area contributed by atoms with Crippen LogP contribution in [0.15, 0.2) is 47.8 Å². The molecular formula is C10H8N2S. The minimum absolute atomic E-state index is 0.903. The number of rotatable bonds is 1. The van der Waals surface area contributed by atoms with Crippen LogP contribution in [0.25, 0.3) is 11.3 Å². The van der Waals surface area contributed by atoms with E-state index in [4.69, 9.17) is 0 Å². The molecule has 2 rings (SSSR count). The van der Waals surface area contributed by atoms with Crippen LogP contribution in [-0.2, 0) is 0 Å². The molecule has 1 aromatic heterocycles. The summed E-state index contributed by atoms with van der Waals surface area (Å²) >= 11 is 4.35. The van der Waals surface area contributed by atoms with Crippen molar-refractivity contribution in [3.8, 4) is 11.3 Å². The number of benzene rings is 1. The molecule has 0 saturated carbocycles. The molecule has 0 unspecified atom stereocenters. The Balaban J connectivity index is 2.54. The molecule has 1 aromatic carbocycles. The zero-order chi connectivity index (χ0) is 9.10. The maximum atomic E-state index is 4.35. The normalized spacial score (nSPS) is 9.92. The lowest BCUT2D eigenvalue weighted by Gasteiger charge is -2.01. The molecule has 0 aliphatic rings. The Morgan fingerprint density at radius 3 is 2.62 bits per heavy atom. The van der Waals surface area contributed by atoms with E-state index in [9.17, 15) is 0 Å². The van der Waals surface area contributed by atoms with Crippen molar-refractivity contribution in [3.05, 3.63) is 42.9 Å². The van der Waals surface area contributed by atoms with Crippen molar-refractivity contribution in [2.75, 3.05) is 0 Å². The molecular weight excluding hydrogens is 180 g/mol. The molecule has 64 valence electrons. The summed E-state index contributed by atoms with van der Waals surface area (Å²) < 4.78 is 0. The number of thiol groups is 1. The van der Waals surface area contributed by atoms with Gasteiger partial charge in [0, 0.05) is 16.7 Å². The van der Waals surface area contributed by atoms with Crippen molar-refractivity contribution in [2.45, 2.75) is 4.90 Å². The number of hydrogen-bond donors (Lipinski definition) is 1. The van der Waals surface area contributed by atoms with Gasteiger partial charge in [0.2, 0.25) is 0 Å². The predicted octanol–water partition coefficient (Wildman–Crippen LogP) is 2.43. The van der Waals surface area contributed by atoms with E-state index in [1.165, 1.54) is 6.33 Å². The molecule has 0 atom stereocenters. The molecule has 0 aliphatic carbocycles. The van der Waals surface area contributed by atoms with E-state index in [1.807, 2.05) is 30.3 Å². The van der Waals surface area contributed by atoms with E-state index < -0.39 is 0 Å². The van der Waals surface area contributed by atoms with Crippen LogP contribution in [0.4, 0.5) is 0 Å². The van der Waals surface area contributed by atoms with Crippen LogP contribution >= 0.6 is 12.6 Å². The number of nitrogens with zero attached hydrogens (tertiary/aromatic N) is 2. The Bertz CT molecular complexity index is 401. The summed E-state index contributed by atoms with van der Waals surface area (Å²) in [6.07, 6.45) is 3.26. The lowest BCUT2D eigenvalue weighted by Crippen LogP contribution is -1.84. The first-order valence-electron chi connectivity index (χ1n) is 3.92. The van der Waals surface area contributed by atoms with E-state index in [1.54, 1.807) is 6.20 Å². The van der Waals surface area contributed by atoms with E-state index in [0.717, 1.165) is 16.2 Å². The highest BCUT2D eigenvalue weighted by atomic mass is 32.1. The lowest BCUT2D eigenvalue weighted by molar-refractivity contribution is 1.16. The fraction of sp³-hybridized carbons (Fsp3) is 0. The van der Waals surface area contributed by atoms with Gasteiger partial charge in [0.05, 0.1) is 5.69 Å². The van der Waals surface area contributed by atoms with E-state index in [-0.39, 0.29) is 0 Å². The van der Waals surface area contributed by atoms with Crippen LogP contribution in [0.2, 0.25) is 0 Å². The highest BCUT2D eigenvalue weighted by Crippen LogP contribution is 2.23. The summed E-state index contributed by atoms with van der Waals surface area (Å²) in [5.74, 6) is 0. The van der Waals surface area contributed by atoms with Crippen LogP contribution in [0.5, 0.6) is 0 Å². The van der Waals surface area contributed by atoms with E-state index in [2.05, 4.69) is 22.6 Å². The number of aromatic nitrogens is 2. The minimum Gasteiger partial charge on any atom is -0.245 e. The van der Waals surface area contributed by atoms with E-state index >= 15 is 0 Å². The molecule has 0 spiro atoms. The van der Waals surface area contributed by atoms with E-state index in [0.29, 0.717) is 0 Å². The fourth-order valence-corrected chi connectivity index (χ4v) is 1.42. The van der Waals surface area contributed by atoms with Gasteiger partial charge in [-0.2, -0.15) is 0 Å². The zero-order valence-electron chi connectivity index (χ0n) is 6.88. The van der Waals surface area contributed by atoms with Crippen LogP contribution in [0, 0.1) is 0 Å². The van der Waals surface area contributed by atoms with Gasteiger partial charge < -0.3 is 0 Å². The Labute approximate surface area is 82.1 Å². The van der Waals surface area contributed by atoms with Crippen molar-refractivity contribution in [1.82, 2.24) is 9.97 Å². The SMILES string of the molecule is Sc1ccccc1-c1ccncn1. The average Bonchev–Trinajstić information content (AvgIpc) is 2.20. The van der Waals surface area contributed by atoms with Crippen molar-refractivity contribution in [3.63, 3.8) is 0 Å². The summed E-state index contributed by atoms with van der Waals surface area (Å²) in [5.41, 5.74) is 1.94. The molecule has 2 aromatic rings. The van der Waals surface area contributed by atoms with Gasteiger partial charge in [0.25, 0.3) is 0 Å². The van der Waals surface area contributed by atoms with Crippen LogP contribution in [0.3, 0.4) is 0 Å². The average molecular weight is 188 g/mol. The standard InChI is InChI=1S/C10H8N2S/c13-10-4-2-1-3-8(10)9-5-6-11-7-12-9/h1-7,13H. The third kappa shape index (κ3) is 1.70. The first-order chi connectivity index (χ1) is 6.38. The molecule has 0 N–H and O–H groups in total. The predicted molar refractivity (Wildman–Crippen MR) is 54.7 cm³/mol. The quantitative estimate of drug-likeness (QED) is 0.695. The fourth-order valence-electron chi connectivity index (χ4n) is 1.14. The summed E-state index contributed by atoms with van der Waals surface area (Å²) in [5, 5.41) is 0. The van der Waals surface area contributed by atoms with Crippen molar-refractivity contribution < 1.29 is 0 Å². The van der Waals surface area contributed by atoms with Gasteiger partial charge in [-0.3, -0.25) is 0 Å². The first-order valence-corrected chi connectivity index (χ1v) is 4.37. The van der Waals surface area contributed by atoms with Gasteiger partial charge in [-0.1, -0.05) is 18.2 Å². The topological polar surface area (TPSA) is 25.8 Å². The first kappa shape index (κ1) is 8.26. The molecule has 13 heavy (non-hydrogen) atoms. The second kappa shape index (κ2) is 3.58. The second-order valence-corrected chi connectivity index (χ2v) is 3.09. The largest absolute Gasteiger partial charge is 0.245 e. The molecule has 0 saturated heterocycles. The maximum absolute atomic E-state index is 4.35. The molecule has 0 amide bonds. The Morgan fingerprint density at radius 1 is 1.08 bits per heavy atom. The Morgan fingerprint density at radius 2 is 1.92 bits per heavy atom. The zero-order valence-corrected chi connectivity index (χ0v) is 7.78. The molecule has 2 nitrogen and oxygen atoms in total. The minimum atomic E-state index is 0.903. The monoisotopic (exact) mass is 188 g/mol. The van der Waals surface area contributed by atoms with Crippen molar-refractivity contribution in [2.24, 2.45) is 0 Å². The van der Waals surface area contributed by atoms with Crippen molar-refractivity contribution in [1.29, 1.82) is 0 Å². The molecule has 0 bridgehead atoms. The molecule has 3 heteroatoms. The third-order valence-corrected chi connectivity index (χ3v) is 2.15. The van der Waals surface area contributed by atoms with Gasteiger partial charge in [0.1, 0.15) is 6.33 Å². The summed E-state index contributed by atoms with van der Waals surface area (Å²) in [6.45, 7) is 0. The highest BCUT2D eigenvalue weighted by molar-refractivity contribution is 7.80. The lowest BCUT2D eigenvalue weighted by atomic mass is 10.1. The van der Waals surface area contributed by atoms with Crippen molar-refractivity contribution >= 4 is 12.6 Å². The summed E-state index contributed by atoms with van der Waals surface area (Å²) in [7, 11) is 0. The van der Waals surface area contributed by atoms with Gasteiger partial charge >= 0.3 is 0 Å². The maximum Gasteiger partial charge on any atom is 0.116 e. The Kier molecular flexibility index (Phi) is 2.27. The number of hydrogen-bond acceptors (Lipinski definition) is 3. The second-order valence-electron chi connectivity index (χ2n) is 2.61. The molecule has 0 aliphatic heterocycles. The van der Waals surface area contributed by atoms with Gasteiger partial charge in [-0.15, -0.1) is 12.6 Å². The third-order valence-electron chi connectivity index (χ3n) is 1.76. The highest BCUT2D eigenvalue weighted by Gasteiger charge is 2.00.